The molecular formula is C29H33FO6. The van der Waals surface area contributed by atoms with Gasteiger partial charge in [-0.1, -0.05) is 43.7 Å². The average molecular weight is 497 g/mol. The summed E-state index contributed by atoms with van der Waals surface area (Å²) < 4.78 is 23.4. The van der Waals surface area contributed by atoms with E-state index >= 15 is 4.39 Å². The topological polar surface area (TPSA) is 101 Å². The number of carbonyl (C=O) groups is 3. The Morgan fingerprint density at radius 2 is 1.86 bits per heavy atom. The highest BCUT2D eigenvalue weighted by Gasteiger charge is 2.77. The normalized spacial score (nSPS) is 43.2. The molecule has 0 radical (unpaired) electrons. The molecule has 3 fully saturated rings. The summed E-state index contributed by atoms with van der Waals surface area (Å²) in [5, 5.41) is 21.5. The molecule has 4 aliphatic rings. The molecule has 0 aliphatic heterocycles. The van der Waals surface area contributed by atoms with Crippen molar-refractivity contribution in [2.24, 2.45) is 28.6 Å². The first kappa shape index (κ1) is 25.0. The Hall–Kier alpha value is -2.64. The molecule has 7 heteroatoms. The van der Waals surface area contributed by atoms with Gasteiger partial charge in [-0.25, -0.2) is 9.18 Å². The van der Waals surface area contributed by atoms with E-state index in [4.69, 9.17) is 4.74 Å². The van der Waals surface area contributed by atoms with E-state index in [0.29, 0.717) is 24.8 Å². The van der Waals surface area contributed by atoms with Crippen LogP contribution in [-0.2, 0) is 14.3 Å². The summed E-state index contributed by atoms with van der Waals surface area (Å²) in [6, 6.07) is 8.33. The lowest BCUT2D eigenvalue weighted by Gasteiger charge is -2.62. The molecule has 0 spiro atoms. The monoisotopic (exact) mass is 496 g/mol. The summed E-state index contributed by atoms with van der Waals surface area (Å²) in [6.45, 7) is 4.51. The minimum absolute atomic E-state index is 0.118. The maximum Gasteiger partial charge on any atom is 0.339 e. The van der Waals surface area contributed by atoms with Crippen LogP contribution in [0, 0.1) is 28.6 Å². The molecule has 2 N–H and O–H groups in total. The lowest BCUT2D eigenvalue weighted by atomic mass is 9.44. The van der Waals surface area contributed by atoms with Gasteiger partial charge < -0.3 is 14.9 Å². The Bertz CT molecular complexity index is 1180. The molecule has 0 saturated heterocycles. The van der Waals surface area contributed by atoms with Crippen LogP contribution >= 0.6 is 0 Å². The fourth-order valence-electron chi connectivity index (χ4n) is 8.30. The second-order valence-corrected chi connectivity index (χ2v) is 11.5. The molecule has 8 atom stereocenters. The van der Waals surface area contributed by atoms with Gasteiger partial charge in [-0.3, -0.25) is 9.59 Å². The highest BCUT2D eigenvalue weighted by atomic mass is 19.1. The smallest absolute Gasteiger partial charge is 0.339 e. The van der Waals surface area contributed by atoms with Crippen molar-refractivity contribution in [1.82, 2.24) is 0 Å². The zero-order valence-corrected chi connectivity index (χ0v) is 20.9. The van der Waals surface area contributed by atoms with E-state index in [9.17, 15) is 24.6 Å². The van der Waals surface area contributed by atoms with Crippen LogP contribution in [0.25, 0.3) is 0 Å². The summed E-state index contributed by atoms with van der Waals surface area (Å²) in [6.07, 6.45) is 4.16. The van der Waals surface area contributed by atoms with Crippen molar-refractivity contribution in [1.29, 1.82) is 0 Å². The number of aliphatic hydroxyl groups excluding tert-OH is 2. The SMILES string of the molecule is C[C@H]1C[C@@H]2[C@H]3CCC4=CC(=O)C=C[C@]4(C)[C@]3(F)[C@H](O)C[C@@]2(C)[C@]1(OC(=O)c1ccccc1)C(=O)CO. The molecule has 3 saturated carbocycles. The maximum absolute atomic E-state index is 17.4. The number of fused-ring (bicyclic) bond motifs is 5. The zero-order valence-electron chi connectivity index (χ0n) is 20.9. The van der Waals surface area contributed by atoms with Gasteiger partial charge in [0.05, 0.1) is 11.7 Å². The third kappa shape index (κ3) is 2.99. The van der Waals surface area contributed by atoms with Crippen molar-refractivity contribution >= 4 is 17.5 Å². The number of aliphatic hydroxyl groups is 2. The molecule has 1 aromatic rings. The second kappa shape index (κ2) is 8.18. The Balaban J connectivity index is 1.61. The predicted molar refractivity (Wildman–Crippen MR) is 130 cm³/mol. The van der Waals surface area contributed by atoms with E-state index in [0.717, 1.165) is 0 Å². The number of halogens is 1. The van der Waals surface area contributed by atoms with Gasteiger partial charge in [0.15, 0.2) is 17.1 Å². The molecule has 0 aromatic heterocycles. The van der Waals surface area contributed by atoms with E-state index < -0.39 is 58.4 Å². The number of esters is 1. The van der Waals surface area contributed by atoms with E-state index in [1.54, 1.807) is 57.2 Å². The number of benzene rings is 1. The summed E-state index contributed by atoms with van der Waals surface area (Å²) in [7, 11) is 0. The van der Waals surface area contributed by atoms with Gasteiger partial charge in [-0.05, 0) is 62.8 Å². The Labute approximate surface area is 210 Å². The van der Waals surface area contributed by atoms with Gasteiger partial charge in [0, 0.05) is 22.7 Å². The Kier molecular flexibility index (Phi) is 5.69. The van der Waals surface area contributed by atoms with Gasteiger partial charge in [0.1, 0.15) is 6.61 Å². The second-order valence-electron chi connectivity index (χ2n) is 11.5. The largest absolute Gasteiger partial charge is 0.446 e. The lowest BCUT2D eigenvalue weighted by molar-refractivity contribution is -0.219. The van der Waals surface area contributed by atoms with Crippen LogP contribution < -0.4 is 0 Å². The summed E-state index contributed by atoms with van der Waals surface area (Å²) >= 11 is 0. The lowest BCUT2D eigenvalue weighted by Crippen LogP contribution is -2.70. The van der Waals surface area contributed by atoms with Crippen molar-refractivity contribution in [2.45, 2.75) is 63.8 Å². The van der Waals surface area contributed by atoms with Gasteiger partial charge >= 0.3 is 5.97 Å². The van der Waals surface area contributed by atoms with Crippen LogP contribution in [0.4, 0.5) is 4.39 Å². The molecule has 0 heterocycles. The third-order valence-electron chi connectivity index (χ3n) is 10.0. The molecule has 0 amide bonds. The standard InChI is InChI=1S/C29H33FO6/c1-17-13-22-21-10-9-19-14-20(32)11-12-26(19,2)28(21,30)23(33)15-27(22,3)29(17,24(34)16-31)36-25(35)18-7-5-4-6-8-18/h4-8,11-12,14,17,21-23,31,33H,9-10,13,15-16H2,1-3H3/t17-,21+,22+,23+,26-,27+,28+,29+/m0/s1. The number of allylic oxidation sites excluding steroid dienone is 4. The Morgan fingerprint density at radius 3 is 2.53 bits per heavy atom. The first-order valence-corrected chi connectivity index (χ1v) is 12.7. The fourth-order valence-corrected chi connectivity index (χ4v) is 8.30. The van der Waals surface area contributed by atoms with Crippen molar-refractivity contribution in [2.75, 3.05) is 6.61 Å². The molecule has 192 valence electrons. The van der Waals surface area contributed by atoms with E-state index in [1.807, 2.05) is 0 Å². The molecule has 5 rings (SSSR count). The van der Waals surface area contributed by atoms with Crippen LogP contribution in [0.3, 0.4) is 0 Å². The molecule has 4 aliphatic carbocycles. The minimum atomic E-state index is -2.06. The highest BCUT2D eigenvalue weighted by Crippen LogP contribution is 2.71. The van der Waals surface area contributed by atoms with Crippen molar-refractivity contribution in [3.63, 3.8) is 0 Å². The zero-order chi connectivity index (χ0) is 26.1. The number of Topliss-reactive ketones (excluding diaryl/α,β-unsaturated/α-hetero) is 1. The Morgan fingerprint density at radius 1 is 1.17 bits per heavy atom. The van der Waals surface area contributed by atoms with Crippen LogP contribution in [0.5, 0.6) is 0 Å². The third-order valence-corrected chi connectivity index (χ3v) is 10.0. The molecular weight excluding hydrogens is 463 g/mol. The summed E-state index contributed by atoms with van der Waals surface area (Å²) in [5.74, 6) is -3.01. The van der Waals surface area contributed by atoms with Crippen LogP contribution in [0.1, 0.15) is 56.8 Å². The van der Waals surface area contributed by atoms with Crippen LogP contribution in [0.2, 0.25) is 0 Å². The van der Waals surface area contributed by atoms with Crippen molar-refractivity contribution in [3.8, 4) is 0 Å². The minimum Gasteiger partial charge on any atom is -0.446 e. The molecule has 6 nitrogen and oxygen atoms in total. The van der Waals surface area contributed by atoms with Gasteiger partial charge in [0.2, 0.25) is 5.78 Å². The first-order valence-electron chi connectivity index (χ1n) is 12.7. The number of ketones is 2. The van der Waals surface area contributed by atoms with Crippen LogP contribution in [0.15, 0.2) is 54.1 Å². The van der Waals surface area contributed by atoms with Crippen molar-refractivity contribution < 1.29 is 33.7 Å². The number of rotatable bonds is 4. The number of hydrogen-bond acceptors (Lipinski definition) is 6. The molecule has 0 bridgehead atoms. The number of ether oxygens (including phenoxy) is 1. The summed E-state index contributed by atoms with van der Waals surface area (Å²) in [5.41, 5.74) is -5.06. The van der Waals surface area contributed by atoms with E-state index in [2.05, 4.69) is 0 Å². The van der Waals surface area contributed by atoms with E-state index in [-0.39, 0.29) is 23.7 Å². The van der Waals surface area contributed by atoms with Gasteiger partial charge in [-0.2, -0.15) is 0 Å². The fraction of sp³-hybridized carbons (Fsp3) is 0.552. The van der Waals surface area contributed by atoms with Crippen molar-refractivity contribution in [3.05, 3.63) is 59.7 Å². The van der Waals surface area contributed by atoms with E-state index in [1.165, 1.54) is 12.2 Å². The first-order chi connectivity index (χ1) is 17.0. The van der Waals surface area contributed by atoms with Gasteiger partial charge in [0.25, 0.3) is 0 Å². The highest BCUT2D eigenvalue weighted by molar-refractivity contribution is 6.01. The average Bonchev–Trinajstić information content (AvgIpc) is 3.07. The molecule has 1 aromatic carbocycles. The number of alkyl halides is 1. The van der Waals surface area contributed by atoms with Crippen LogP contribution in [-0.4, -0.2) is 51.7 Å². The molecule has 36 heavy (non-hydrogen) atoms. The quantitative estimate of drug-likeness (QED) is 0.616. The number of carbonyl (C=O) groups excluding carboxylic acids is 3. The van der Waals surface area contributed by atoms with Gasteiger partial charge in [-0.15, -0.1) is 0 Å². The maximum atomic E-state index is 17.4. The number of hydrogen-bond donors (Lipinski definition) is 2. The predicted octanol–water partition coefficient (Wildman–Crippen LogP) is 3.76. The molecule has 0 unspecified atom stereocenters. The summed E-state index contributed by atoms with van der Waals surface area (Å²) in [4.78, 5) is 38.8.